The van der Waals surface area contributed by atoms with E-state index in [0.717, 1.165) is 25.4 Å². The van der Waals surface area contributed by atoms with Gasteiger partial charge in [-0.05, 0) is 49.4 Å². The fraction of sp³-hybridized carbons (Fsp3) is 0.933. The van der Waals surface area contributed by atoms with Gasteiger partial charge in [-0.15, -0.1) is 0 Å². The average molecular weight is 235 g/mol. The zero-order valence-electron chi connectivity index (χ0n) is 11.4. The Morgan fingerprint density at radius 2 is 1.88 bits per heavy atom. The molecule has 0 amide bonds. The molecule has 2 aliphatic carbocycles. The van der Waals surface area contributed by atoms with E-state index in [1.54, 1.807) is 0 Å². The Morgan fingerprint density at radius 1 is 1.18 bits per heavy atom. The lowest BCUT2D eigenvalue weighted by Crippen LogP contribution is -2.36. The predicted octanol–water partition coefficient (Wildman–Crippen LogP) is 3.77. The summed E-state index contributed by atoms with van der Waals surface area (Å²) < 4.78 is 6.01. The van der Waals surface area contributed by atoms with E-state index in [2.05, 4.69) is 26.8 Å². The average Bonchev–Trinajstić information content (AvgIpc) is 3.08. The molecule has 0 bridgehead atoms. The first-order valence-electron chi connectivity index (χ1n) is 7.02. The van der Waals surface area contributed by atoms with Crippen molar-refractivity contribution in [1.29, 1.82) is 5.26 Å². The summed E-state index contributed by atoms with van der Waals surface area (Å²) in [5, 5.41) is 9.20. The Morgan fingerprint density at radius 3 is 2.41 bits per heavy atom. The fourth-order valence-corrected chi connectivity index (χ4v) is 2.79. The Balaban J connectivity index is 1.90. The van der Waals surface area contributed by atoms with Gasteiger partial charge in [-0.3, -0.25) is 0 Å². The van der Waals surface area contributed by atoms with Gasteiger partial charge < -0.3 is 4.74 Å². The van der Waals surface area contributed by atoms with Crippen LogP contribution in [0.5, 0.6) is 0 Å². The molecular formula is C15H25NO. The minimum Gasteiger partial charge on any atom is -0.377 e. The molecule has 2 saturated carbocycles. The molecule has 0 radical (unpaired) electrons. The molecule has 17 heavy (non-hydrogen) atoms. The van der Waals surface area contributed by atoms with Crippen LogP contribution < -0.4 is 0 Å². The molecule has 2 nitrogen and oxygen atoms in total. The van der Waals surface area contributed by atoms with Crippen LogP contribution in [-0.4, -0.2) is 12.7 Å². The van der Waals surface area contributed by atoms with Crippen LogP contribution in [0.2, 0.25) is 0 Å². The van der Waals surface area contributed by atoms with Gasteiger partial charge in [0.05, 0.1) is 18.1 Å². The molecule has 0 N–H and O–H groups in total. The van der Waals surface area contributed by atoms with Gasteiger partial charge in [-0.2, -0.15) is 5.26 Å². The van der Waals surface area contributed by atoms with Crippen molar-refractivity contribution in [3.63, 3.8) is 0 Å². The molecule has 3 atom stereocenters. The second kappa shape index (κ2) is 4.98. The van der Waals surface area contributed by atoms with Crippen LogP contribution in [0.15, 0.2) is 0 Å². The molecule has 0 saturated heterocycles. The van der Waals surface area contributed by atoms with Crippen molar-refractivity contribution in [3.05, 3.63) is 0 Å². The highest BCUT2D eigenvalue weighted by Gasteiger charge is 2.37. The van der Waals surface area contributed by atoms with E-state index in [1.165, 1.54) is 19.3 Å². The van der Waals surface area contributed by atoms with Crippen molar-refractivity contribution in [1.82, 2.24) is 0 Å². The molecule has 0 aromatic carbocycles. The second-order valence-electron chi connectivity index (χ2n) is 6.93. The summed E-state index contributed by atoms with van der Waals surface area (Å²) in [6, 6.07) is 2.45. The Hall–Kier alpha value is -0.550. The molecule has 96 valence electrons. The topological polar surface area (TPSA) is 33.0 Å². The number of nitrogens with zero attached hydrogens (tertiary/aromatic N) is 1. The maximum Gasteiger partial charge on any atom is 0.0736 e. The van der Waals surface area contributed by atoms with Gasteiger partial charge in [-0.1, -0.05) is 20.8 Å². The third-order valence-corrected chi connectivity index (χ3v) is 4.43. The predicted molar refractivity (Wildman–Crippen MR) is 68.4 cm³/mol. The summed E-state index contributed by atoms with van der Waals surface area (Å²) in [5.41, 5.74) is 0.349. The van der Waals surface area contributed by atoms with E-state index in [0.29, 0.717) is 11.3 Å². The number of nitriles is 1. The number of hydrogen-bond acceptors (Lipinski definition) is 2. The quantitative estimate of drug-likeness (QED) is 0.746. The van der Waals surface area contributed by atoms with Gasteiger partial charge in [0.2, 0.25) is 0 Å². The van der Waals surface area contributed by atoms with Gasteiger partial charge in [0, 0.05) is 6.61 Å². The molecule has 0 aromatic heterocycles. The van der Waals surface area contributed by atoms with E-state index in [9.17, 15) is 5.26 Å². The molecule has 2 rings (SSSR count). The lowest BCUT2D eigenvalue weighted by atomic mass is 9.69. The molecule has 0 aliphatic heterocycles. The molecule has 2 aliphatic rings. The lowest BCUT2D eigenvalue weighted by molar-refractivity contribution is -0.0318. The second-order valence-corrected chi connectivity index (χ2v) is 6.93. The third kappa shape index (κ3) is 3.45. The first-order chi connectivity index (χ1) is 8.00. The summed E-state index contributed by atoms with van der Waals surface area (Å²) in [7, 11) is 0. The zero-order chi connectivity index (χ0) is 12.5. The van der Waals surface area contributed by atoms with Gasteiger partial charge in [-0.25, -0.2) is 0 Å². The van der Waals surface area contributed by atoms with Crippen LogP contribution in [0.1, 0.15) is 52.9 Å². The molecule has 0 spiro atoms. The SMILES string of the molecule is CC(C)(C)C1CCC(C#N)C(OCC2CC2)C1. The monoisotopic (exact) mass is 235 g/mol. The largest absolute Gasteiger partial charge is 0.377 e. The summed E-state index contributed by atoms with van der Waals surface area (Å²) in [6.45, 7) is 7.81. The van der Waals surface area contributed by atoms with Crippen molar-refractivity contribution in [2.45, 2.75) is 59.0 Å². The maximum absolute atomic E-state index is 9.20. The molecule has 0 aromatic rings. The maximum atomic E-state index is 9.20. The van der Waals surface area contributed by atoms with E-state index in [1.807, 2.05) is 0 Å². The molecule has 2 heteroatoms. The van der Waals surface area contributed by atoms with Gasteiger partial charge in [0.15, 0.2) is 0 Å². The highest BCUT2D eigenvalue weighted by atomic mass is 16.5. The van der Waals surface area contributed by atoms with Gasteiger partial charge in [0.25, 0.3) is 0 Å². The zero-order valence-corrected chi connectivity index (χ0v) is 11.4. The normalized spacial score (nSPS) is 34.4. The van der Waals surface area contributed by atoms with Crippen LogP contribution in [0.4, 0.5) is 0 Å². The number of hydrogen-bond donors (Lipinski definition) is 0. The Labute approximate surface area is 105 Å². The Kier molecular flexibility index (Phi) is 3.78. The minimum atomic E-state index is 0.132. The molecule has 3 unspecified atom stereocenters. The third-order valence-electron chi connectivity index (χ3n) is 4.43. The lowest BCUT2D eigenvalue weighted by Gasteiger charge is -2.39. The van der Waals surface area contributed by atoms with E-state index in [4.69, 9.17) is 4.74 Å². The van der Waals surface area contributed by atoms with Crippen LogP contribution in [0.3, 0.4) is 0 Å². The van der Waals surface area contributed by atoms with Gasteiger partial charge >= 0.3 is 0 Å². The first kappa shape index (κ1) is 12.9. The van der Waals surface area contributed by atoms with Gasteiger partial charge in [0.1, 0.15) is 0 Å². The summed E-state index contributed by atoms with van der Waals surface area (Å²) in [4.78, 5) is 0. The molecule has 0 heterocycles. The fourth-order valence-electron chi connectivity index (χ4n) is 2.79. The summed E-state index contributed by atoms with van der Waals surface area (Å²) >= 11 is 0. The van der Waals surface area contributed by atoms with Crippen molar-refractivity contribution in [2.75, 3.05) is 6.61 Å². The van der Waals surface area contributed by atoms with E-state index >= 15 is 0 Å². The van der Waals surface area contributed by atoms with E-state index in [-0.39, 0.29) is 12.0 Å². The van der Waals surface area contributed by atoms with Crippen LogP contribution in [0.25, 0.3) is 0 Å². The summed E-state index contributed by atoms with van der Waals surface area (Å²) in [6.07, 6.45) is 6.13. The van der Waals surface area contributed by atoms with Crippen molar-refractivity contribution >= 4 is 0 Å². The highest BCUT2D eigenvalue weighted by molar-refractivity contribution is 4.96. The van der Waals surface area contributed by atoms with Crippen molar-refractivity contribution < 1.29 is 4.74 Å². The van der Waals surface area contributed by atoms with Crippen LogP contribution in [0, 0.1) is 34.5 Å². The van der Waals surface area contributed by atoms with Crippen molar-refractivity contribution in [3.8, 4) is 6.07 Å². The van der Waals surface area contributed by atoms with Crippen LogP contribution >= 0.6 is 0 Å². The van der Waals surface area contributed by atoms with E-state index < -0.39 is 0 Å². The van der Waals surface area contributed by atoms with Crippen LogP contribution in [-0.2, 0) is 4.74 Å². The number of ether oxygens (including phenoxy) is 1. The highest BCUT2D eigenvalue weighted by Crippen LogP contribution is 2.41. The minimum absolute atomic E-state index is 0.132. The Bertz CT molecular complexity index is 295. The van der Waals surface area contributed by atoms with Crippen molar-refractivity contribution in [2.24, 2.45) is 23.2 Å². The smallest absolute Gasteiger partial charge is 0.0736 e. The number of rotatable bonds is 3. The summed E-state index contributed by atoms with van der Waals surface area (Å²) in [5.74, 6) is 1.63. The molecule has 2 fully saturated rings. The molecular weight excluding hydrogens is 210 g/mol. The standard InChI is InChI=1S/C15H25NO/c1-15(2,3)13-7-6-12(9-16)14(8-13)17-10-11-4-5-11/h11-14H,4-8,10H2,1-3H3. The first-order valence-corrected chi connectivity index (χ1v) is 7.02.